The molecule has 0 aliphatic heterocycles. The van der Waals surface area contributed by atoms with Gasteiger partial charge in [-0.2, -0.15) is 13.2 Å². The van der Waals surface area contributed by atoms with E-state index in [0.717, 1.165) is 0 Å². The van der Waals surface area contributed by atoms with Gasteiger partial charge in [-0.05, 0) is 32.2 Å². The summed E-state index contributed by atoms with van der Waals surface area (Å²) in [5.74, 6) is -0.201. The van der Waals surface area contributed by atoms with Gasteiger partial charge in [-0.3, -0.25) is 0 Å². The molecule has 1 atom stereocenters. The summed E-state index contributed by atoms with van der Waals surface area (Å²) in [6.45, 7) is 1.59. The second kappa shape index (κ2) is 2.91. The Morgan fingerprint density at radius 3 is 1.92 bits per heavy atom. The average molecular weight is 181 g/mol. The SMILES string of the molecule is CCC(NC)(C1CC1)C(F)(F)F. The van der Waals surface area contributed by atoms with Gasteiger partial charge in [-0.1, -0.05) is 6.92 Å². The molecule has 1 aliphatic carbocycles. The summed E-state index contributed by atoms with van der Waals surface area (Å²) in [7, 11) is 1.40. The van der Waals surface area contributed by atoms with Crippen molar-refractivity contribution in [1.29, 1.82) is 0 Å². The van der Waals surface area contributed by atoms with E-state index in [2.05, 4.69) is 5.32 Å². The van der Waals surface area contributed by atoms with E-state index in [1.165, 1.54) is 7.05 Å². The molecule has 0 aromatic heterocycles. The van der Waals surface area contributed by atoms with Crippen LogP contribution in [0.4, 0.5) is 13.2 Å². The lowest BCUT2D eigenvalue weighted by Gasteiger charge is -2.34. The van der Waals surface area contributed by atoms with Crippen LogP contribution >= 0.6 is 0 Å². The topological polar surface area (TPSA) is 12.0 Å². The van der Waals surface area contributed by atoms with Gasteiger partial charge < -0.3 is 5.32 Å². The van der Waals surface area contributed by atoms with E-state index < -0.39 is 11.7 Å². The normalized spacial score (nSPS) is 23.8. The first-order chi connectivity index (χ1) is 5.48. The molecule has 12 heavy (non-hydrogen) atoms. The van der Waals surface area contributed by atoms with Gasteiger partial charge in [0, 0.05) is 0 Å². The Kier molecular flexibility index (Phi) is 2.38. The highest BCUT2D eigenvalue weighted by Gasteiger charge is 2.60. The number of hydrogen-bond acceptors (Lipinski definition) is 1. The smallest absolute Gasteiger partial charge is 0.306 e. The monoisotopic (exact) mass is 181 g/mol. The molecule has 0 aromatic rings. The van der Waals surface area contributed by atoms with Crippen molar-refractivity contribution in [2.75, 3.05) is 7.05 Å². The number of alkyl halides is 3. The molecule has 0 aromatic carbocycles. The van der Waals surface area contributed by atoms with Crippen LogP contribution in [-0.4, -0.2) is 18.8 Å². The Hall–Kier alpha value is -0.250. The largest absolute Gasteiger partial charge is 0.406 e. The van der Waals surface area contributed by atoms with Crippen LogP contribution in [0.15, 0.2) is 0 Å². The van der Waals surface area contributed by atoms with Crippen LogP contribution in [0.1, 0.15) is 26.2 Å². The third-order valence-electron chi connectivity index (χ3n) is 2.78. The second-order valence-electron chi connectivity index (χ2n) is 3.35. The molecule has 1 fully saturated rings. The summed E-state index contributed by atoms with van der Waals surface area (Å²) in [5.41, 5.74) is -1.62. The molecule has 1 aliphatic rings. The van der Waals surface area contributed by atoms with Crippen molar-refractivity contribution in [1.82, 2.24) is 5.32 Å². The number of nitrogens with one attached hydrogen (secondary N) is 1. The summed E-state index contributed by atoms with van der Waals surface area (Å²) in [6.07, 6.45) is -2.59. The maximum absolute atomic E-state index is 12.6. The molecule has 0 radical (unpaired) electrons. The van der Waals surface area contributed by atoms with Gasteiger partial charge in [0.25, 0.3) is 0 Å². The zero-order chi connectivity index (χ0) is 9.41. The number of hydrogen-bond donors (Lipinski definition) is 1. The Morgan fingerprint density at radius 2 is 1.83 bits per heavy atom. The van der Waals surface area contributed by atoms with Crippen LogP contribution < -0.4 is 5.32 Å². The maximum Gasteiger partial charge on any atom is 0.406 e. The van der Waals surface area contributed by atoms with Crippen molar-refractivity contribution in [2.24, 2.45) is 5.92 Å². The Balaban J connectivity index is 2.82. The molecular weight excluding hydrogens is 167 g/mol. The zero-order valence-electron chi connectivity index (χ0n) is 7.33. The lowest BCUT2D eigenvalue weighted by molar-refractivity contribution is -0.203. The van der Waals surface area contributed by atoms with Crippen molar-refractivity contribution in [2.45, 2.75) is 37.9 Å². The van der Waals surface area contributed by atoms with Crippen molar-refractivity contribution in [3.8, 4) is 0 Å². The minimum absolute atomic E-state index is 0.123. The van der Waals surface area contributed by atoms with E-state index in [0.29, 0.717) is 12.8 Å². The van der Waals surface area contributed by atoms with E-state index in [-0.39, 0.29) is 12.3 Å². The fourth-order valence-electron chi connectivity index (χ4n) is 1.82. The molecule has 0 heterocycles. The lowest BCUT2D eigenvalue weighted by Crippen LogP contribution is -2.56. The molecule has 0 bridgehead atoms. The highest BCUT2D eigenvalue weighted by atomic mass is 19.4. The lowest BCUT2D eigenvalue weighted by atomic mass is 9.89. The second-order valence-corrected chi connectivity index (χ2v) is 3.35. The summed E-state index contributed by atoms with van der Waals surface area (Å²) in [6, 6.07) is 0. The summed E-state index contributed by atoms with van der Waals surface area (Å²) in [4.78, 5) is 0. The van der Waals surface area contributed by atoms with Crippen LogP contribution in [0.3, 0.4) is 0 Å². The maximum atomic E-state index is 12.6. The van der Waals surface area contributed by atoms with Crippen LogP contribution in [0.2, 0.25) is 0 Å². The number of rotatable bonds is 3. The highest BCUT2D eigenvalue weighted by Crippen LogP contribution is 2.49. The predicted octanol–water partition coefficient (Wildman–Crippen LogP) is 2.33. The van der Waals surface area contributed by atoms with Gasteiger partial charge in [0.05, 0.1) is 0 Å². The first-order valence-corrected chi connectivity index (χ1v) is 4.23. The van der Waals surface area contributed by atoms with Crippen LogP contribution in [0.25, 0.3) is 0 Å². The first-order valence-electron chi connectivity index (χ1n) is 4.23. The minimum atomic E-state index is -4.11. The minimum Gasteiger partial charge on any atom is -0.306 e. The summed E-state index contributed by atoms with van der Waals surface area (Å²) >= 11 is 0. The molecule has 1 nitrogen and oxygen atoms in total. The molecule has 4 heteroatoms. The first kappa shape index (κ1) is 9.84. The Labute approximate surface area is 70.3 Å². The average Bonchev–Trinajstić information content (AvgIpc) is 2.72. The van der Waals surface area contributed by atoms with E-state index >= 15 is 0 Å². The van der Waals surface area contributed by atoms with Crippen molar-refractivity contribution in [3.05, 3.63) is 0 Å². The molecule has 72 valence electrons. The fraction of sp³-hybridized carbons (Fsp3) is 1.00. The van der Waals surface area contributed by atoms with Crippen molar-refractivity contribution >= 4 is 0 Å². The van der Waals surface area contributed by atoms with Crippen molar-refractivity contribution in [3.63, 3.8) is 0 Å². The van der Waals surface area contributed by atoms with Gasteiger partial charge in [0.1, 0.15) is 5.54 Å². The van der Waals surface area contributed by atoms with E-state index in [4.69, 9.17) is 0 Å². The zero-order valence-corrected chi connectivity index (χ0v) is 7.33. The van der Waals surface area contributed by atoms with Gasteiger partial charge in [0.15, 0.2) is 0 Å². The quantitative estimate of drug-likeness (QED) is 0.704. The van der Waals surface area contributed by atoms with Gasteiger partial charge in [0.2, 0.25) is 0 Å². The third-order valence-corrected chi connectivity index (χ3v) is 2.78. The molecule has 1 N–H and O–H groups in total. The molecule has 1 unspecified atom stereocenters. The summed E-state index contributed by atoms with van der Waals surface area (Å²) < 4.78 is 37.8. The van der Waals surface area contributed by atoms with Gasteiger partial charge in [-0.25, -0.2) is 0 Å². The van der Waals surface area contributed by atoms with E-state index in [9.17, 15) is 13.2 Å². The predicted molar refractivity (Wildman–Crippen MR) is 40.9 cm³/mol. The standard InChI is InChI=1S/C8H14F3N/c1-3-7(12-2,6-4-5-6)8(9,10)11/h6,12H,3-5H2,1-2H3. The third kappa shape index (κ3) is 1.32. The molecule has 1 saturated carbocycles. The molecule has 0 amide bonds. The van der Waals surface area contributed by atoms with E-state index in [1.807, 2.05) is 0 Å². The van der Waals surface area contributed by atoms with Crippen LogP contribution in [-0.2, 0) is 0 Å². The summed E-state index contributed by atoms with van der Waals surface area (Å²) in [5, 5.41) is 2.44. The molecular formula is C8H14F3N. The van der Waals surface area contributed by atoms with Crippen LogP contribution in [0, 0.1) is 5.92 Å². The van der Waals surface area contributed by atoms with Crippen LogP contribution in [0.5, 0.6) is 0 Å². The van der Waals surface area contributed by atoms with Crippen molar-refractivity contribution < 1.29 is 13.2 Å². The van der Waals surface area contributed by atoms with Gasteiger partial charge in [-0.15, -0.1) is 0 Å². The molecule has 0 saturated heterocycles. The molecule has 0 spiro atoms. The number of halogens is 3. The fourth-order valence-corrected chi connectivity index (χ4v) is 1.82. The Bertz CT molecular complexity index is 156. The molecule has 1 rings (SSSR count). The van der Waals surface area contributed by atoms with E-state index in [1.54, 1.807) is 6.92 Å². The van der Waals surface area contributed by atoms with Gasteiger partial charge >= 0.3 is 6.18 Å². The highest BCUT2D eigenvalue weighted by molar-refractivity contribution is 5.04. The Morgan fingerprint density at radius 1 is 1.33 bits per heavy atom.